The Morgan fingerprint density at radius 1 is 0.542 bits per heavy atom. The maximum Gasteiger partial charge on any atom is 1.00 e. The summed E-state index contributed by atoms with van der Waals surface area (Å²) < 4.78 is 82.3. The number of unbranched alkanes of at least 4 members (excludes halogenated alkanes) is 2. The van der Waals surface area contributed by atoms with Crippen molar-refractivity contribution in [1.82, 2.24) is 0 Å². The summed E-state index contributed by atoms with van der Waals surface area (Å²) in [6.45, 7) is 59.0. The molecule has 0 spiro atoms. The van der Waals surface area contributed by atoms with Crippen LogP contribution in [0.2, 0.25) is 116 Å². The van der Waals surface area contributed by atoms with Gasteiger partial charge in [0.15, 0.2) is 0 Å². The van der Waals surface area contributed by atoms with Crippen LogP contribution in [0.15, 0.2) is 147 Å². The van der Waals surface area contributed by atoms with Crippen molar-refractivity contribution in [2.75, 3.05) is 26.3 Å². The molecule has 0 aromatic heterocycles. The molecule has 42 heteroatoms. The minimum Gasteiger partial charge on any atom is -0.863 e. The summed E-state index contributed by atoms with van der Waals surface area (Å²) in [5, 5.41) is 20.0. The first kappa shape index (κ1) is 116. The third kappa shape index (κ3) is 51.7. The van der Waals surface area contributed by atoms with Gasteiger partial charge in [0.1, 0.15) is 0 Å². The van der Waals surface area contributed by atoms with Crippen molar-refractivity contribution >= 4 is 164 Å². The number of nitrogens with zero attached hydrogens (tertiary/aromatic N) is 4. The van der Waals surface area contributed by atoms with E-state index in [4.69, 9.17) is 73.7 Å². The van der Waals surface area contributed by atoms with Gasteiger partial charge in [0.05, 0.1) is 12.1 Å². The third-order valence-corrected chi connectivity index (χ3v) is 65.6. The van der Waals surface area contributed by atoms with Gasteiger partial charge in [-0.3, -0.25) is 12.0 Å². The summed E-state index contributed by atoms with van der Waals surface area (Å²) in [4.78, 5) is 61.5. The number of rotatable bonds is 18. The molecule has 4 aromatic carbocycles. The van der Waals surface area contributed by atoms with Gasteiger partial charge in [-0.2, -0.15) is 18.4 Å². The van der Waals surface area contributed by atoms with Crippen molar-refractivity contribution in [3.05, 3.63) is 170 Å². The van der Waals surface area contributed by atoms with Crippen LogP contribution >= 0.6 is 28.8 Å². The summed E-state index contributed by atoms with van der Waals surface area (Å²) in [6, 6.07) is 42.2. The minimum atomic E-state index is -3.96. The molecule has 7 unspecified atom stereocenters. The standard InChI is InChI=1S/C20H36N4O4Si4.C12H12O2Si.C12H10O2Si.C6H18O3Si3.C4H16O4Si4.C4H8O.C3H6.C2H7O2P2S.C2H4.4Li/c1-23-15-11-19-31(5)26-29(3,17-9-7-13-21)25-30(4,18-10-8-14-22)27-32(6,28-31)20-12-16-24-2;2*13-15(14,11-7-3-1-4-8-11)12-9-5-2-6-10-12;1-10(2)7-11(3,4)9-12(5,6)8-10;1-9-5-10(2)7-12(4)8-11(3)6-9;1-2-4-5-3-1;1-3-2;1-2(7-4)6(3)5;1-2;;;;/h7-12,15-20H2,3-6H3;1-10,13-14H;1-10H;1-6H3;9-12H,1-4H3;1-4H2;3H,1H2,2H3;2,4H,5H2,1H3;1-2H2;;;;/q;;-2;;;;;-1;;4*+1/p-1. The maximum absolute atomic E-state index is 12.1. The number of nitriles is 2. The van der Waals surface area contributed by atoms with E-state index in [1.807, 2.05) is 69.5 Å². The summed E-state index contributed by atoms with van der Waals surface area (Å²) in [5.41, 5.74) is 0. The molecule has 107 heavy (non-hydrogen) atoms. The van der Waals surface area contributed by atoms with Gasteiger partial charge in [-0.05, 0) is 164 Å². The summed E-state index contributed by atoms with van der Waals surface area (Å²) in [5.74, 6) is 0. The molecule has 0 aliphatic carbocycles. The molecule has 0 saturated carbocycles. The second-order valence-corrected chi connectivity index (χ2v) is 69.0. The van der Waals surface area contributed by atoms with Gasteiger partial charge in [-0.25, -0.2) is 13.1 Å². The van der Waals surface area contributed by atoms with Crippen molar-refractivity contribution in [1.29, 1.82) is 10.5 Å². The molecule has 4 heterocycles. The number of hydrogen-bond donors (Lipinski definition) is 2. The fraction of sp³-hybridized carbons (Fsp3) is 0.508. The molecule has 4 aliphatic heterocycles. The van der Waals surface area contributed by atoms with Crippen molar-refractivity contribution in [3.63, 3.8) is 0 Å². The van der Waals surface area contributed by atoms with Gasteiger partial charge in [0.2, 0.25) is 13.1 Å². The van der Waals surface area contributed by atoms with Crippen LogP contribution in [0.3, 0.4) is 0 Å². The van der Waals surface area contributed by atoms with E-state index >= 15 is 0 Å². The van der Waals surface area contributed by atoms with E-state index in [1.54, 1.807) is 97.9 Å². The smallest absolute Gasteiger partial charge is 0.863 e. The third-order valence-electron chi connectivity index (χ3n) is 14.4. The van der Waals surface area contributed by atoms with E-state index in [1.165, 1.54) is 12.8 Å². The van der Waals surface area contributed by atoms with Crippen LogP contribution in [0.4, 0.5) is 0 Å². The Morgan fingerprint density at radius 2 is 0.785 bits per heavy atom. The van der Waals surface area contributed by atoms with Gasteiger partial charge in [-0.1, -0.05) is 153 Å². The van der Waals surface area contributed by atoms with E-state index in [0.717, 1.165) is 13.2 Å². The summed E-state index contributed by atoms with van der Waals surface area (Å²) in [6.07, 6.45) is 8.02. The Bertz CT molecular complexity index is 2730. The van der Waals surface area contributed by atoms with E-state index in [-0.39, 0.29) is 80.4 Å². The first-order valence-electron chi connectivity index (χ1n) is 34.4. The molecule has 0 bridgehead atoms. The molecule has 4 aromatic rings. The zero-order valence-corrected chi connectivity index (χ0v) is 84.1. The monoisotopic (exact) mass is 1730 g/mol. The first-order chi connectivity index (χ1) is 48.3. The zero-order chi connectivity index (χ0) is 78.5. The molecule has 2 N–H and O–H groups in total. The van der Waals surface area contributed by atoms with E-state index in [2.05, 4.69) is 116 Å². The Labute approximate surface area is 715 Å². The molecular formula is C65H116Li4N4O18P2SSi13. The van der Waals surface area contributed by atoms with Gasteiger partial charge >= 0.3 is 144 Å². The molecule has 4 aliphatic rings. The van der Waals surface area contributed by atoms with E-state index in [0.29, 0.717) is 109 Å². The average molecular weight is 1730 g/mol. The molecule has 576 valence electrons. The predicted molar refractivity (Wildman–Crippen MR) is 446 cm³/mol. The number of ether oxygens (including phenoxy) is 1. The SMILES string of the molecule is C1CCOC1.C=C.C=CC.CC(S[O-])P([O-])P.C[SiH]1O[SiH](C)O[SiH](C)O[SiH](C)O1.C[Si]1(C)O[Si](C)(C)O[Si](C)(C)O1.O[Si](O)(c1ccccc1)c1ccccc1.[C-]#[N+]CCC[Si]1(C)O[Si](C)(CCCC#N)O[Si](C)(CCCC#N)O[Si](C)(CCC[N+]#[C-])O1.[Li+].[Li+].[Li+].[Li+].[O-][Si]([O-])(c1ccccc1)c1ccccc1. The molecule has 7 atom stereocenters. The molecule has 4 fully saturated rings. The van der Waals surface area contributed by atoms with E-state index in [9.17, 15) is 28.6 Å². The van der Waals surface area contributed by atoms with E-state index < -0.39 is 122 Å². The molecule has 0 radical (unpaired) electrons. The molecule has 0 amide bonds. The average Bonchev–Trinajstić information content (AvgIpc) is 0.993. The first-order valence-corrected chi connectivity index (χ1v) is 68.8. The van der Waals surface area contributed by atoms with Crippen molar-refractivity contribution < 1.29 is 154 Å². The fourth-order valence-electron chi connectivity index (χ4n) is 10.8. The van der Waals surface area contributed by atoms with Crippen LogP contribution in [0, 0.1) is 35.8 Å². The van der Waals surface area contributed by atoms with Crippen LogP contribution in [0.1, 0.15) is 65.2 Å². The Kier molecular flexibility index (Phi) is 66.3. The van der Waals surface area contributed by atoms with Gasteiger partial charge in [0, 0.05) is 38.9 Å². The quantitative estimate of drug-likeness (QED) is 0.0270. The summed E-state index contributed by atoms with van der Waals surface area (Å²) >= 11 is 0.378. The maximum atomic E-state index is 12.1. The molecule has 22 nitrogen and oxygen atoms in total. The predicted octanol–water partition coefficient (Wildman–Crippen LogP) is -2.05. The van der Waals surface area contributed by atoms with Crippen molar-refractivity contribution in [3.8, 4) is 12.1 Å². The molecule has 4 saturated heterocycles. The van der Waals surface area contributed by atoms with Gasteiger partial charge in [-0.15, -0.1) is 28.7 Å². The van der Waals surface area contributed by atoms with Crippen LogP contribution in [0.25, 0.3) is 9.69 Å². The number of benzene rings is 4. The second-order valence-electron chi connectivity index (χ2n) is 25.8. The normalized spacial score (nSPS) is 24.0. The minimum absolute atomic E-state index is 0. The topological polar surface area (TPSA) is 300 Å². The Hall–Kier alpha value is 0.0191. The van der Waals surface area contributed by atoms with Crippen LogP contribution in [-0.4, -0.2) is 160 Å². The zero-order valence-electron chi connectivity index (χ0n) is 67.6. The second kappa shape index (κ2) is 61.4. The Morgan fingerprint density at radius 3 is 0.981 bits per heavy atom. The van der Waals surface area contributed by atoms with Gasteiger partial charge < -0.3 is 88.3 Å². The molecular weight excluding hydrogens is 1610 g/mol. The fourth-order valence-corrected chi connectivity index (χ4v) is 66.0. The Balaban J connectivity index is -0.000000396. The van der Waals surface area contributed by atoms with Crippen molar-refractivity contribution in [2.24, 2.45) is 0 Å². The largest absolute Gasteiger partial charge is 1.00 e. The number of allylic oxidation sites excluding steroid dienone is 1. The van der Waals surface area contributed by atoms with Crippen LogP contribution < -0.4 is 111 Å². The summed E-state index contributed by atoms with van der Waals surface area (Å²) in [7, 11) is -28.7. The van der Waals surface area contributed by atoms with Crippen molar-refractivity contribution in [2.45, 2.75) is 186 Å². The van der Waals surface area contributed by atoms with Crippen LogP contribution in [0.5, 0.6) is 0 Å². The van der Waals surface area contributed by atoms with Crippen LogP contribution in [-0.2, 0) is 50.0 Å². The van der Waals surface area contributed by atoms with Gasteiger partial charge in [0.25, 0.3) is 37.1 Å². The number of hydrogen-bond acceptors (Lipinski definition) is 21. The molecule has 8 rings (SSSR count).